The molecule has 4 heteroatoms. The Labute approximate surface area is 99.4 Å². The second-order valence-corrected chi connectivity index (χ2v) is 3.62. The summed E-state index contributed by atoms with van der Waals surface area (Å²) in [6.45, 7) is 1.99. The van der Waals surface area contributed by atoms with Gasteiger partial charge in [-0.3, -0.25) is 9.78 Å². The minimum atomic E-state index is -0.0424. The Morgan fingerprint density at radius 1 is 1.35 bits per heavy atom. The monoisotopic (exact) mass is 227 g/mol. The molecular weight excluding hydrogens is 214 g/mol. The molecule has 0 saturated carbocycles. The van der Waals surface area contributed by atoms with Crippen LogP contribution < -0.4 is 5.32 Å². The molecule has 0 aliphatic heterocycles. The first-order valence-corrected chi connectivity index (χ1v) is 5.38. The van der Waals surface area contributed by atoms with E-state index in [1.165, 1.54) is 6.92 Å². The van der Waals surface area contributed by atoms with Gasteiger partial charge in [0.1, 0.15) is 0 Å². The molecule has 0 atom stereocenters. The van der Waals surface area contributed by atoms with Gasteiger partial charge >= 0.3 is 0 Å². The van der Waals surface area contributed by atoms with Crippen molar-refractivity contribution in [2.45, 2.75) is 6.92 Å². The molecule has 1 aromatic carbocycles. The zero-order chi connectivity index (χ0) is 12.1. The highest BCUT2D eigenvalue weighted by molar-refractivity contribution is 5.75. The average Bonchev–Trinajstić information content (AvgIpc) is 2.34. The van der Waals surface area contributed by atoms with E-state index in [9.17, 15) is 4.79 Å². The number of nitrogens with zero attached hydrogens (tertiary/aromatic N) is 2. The third-order valence-corrected chi connectivity index (χ3v) is 2.22. The predicted octanol–water partition coefficient (Wildman–Crippen LogP) is 1.78. The van der Waals surface area contributed by atoms with Crippen molar-refractivity contribution >= 4 is 23.0 Å². The molecule has 1 heterocycles. The number of para-hydroxylation sites is 2. The Morgan fingerprint density at radius 3 is 2.88 bits per heavy atom. The van der Waals surface area contributed by atoms with Gasteiger partial charge in [-0.25, -0.2) is 4.98 Å². The van der Waals surface area contributed by atoms with Crippen LogP contribution in [0.5, 0.6) is 0 Å². The van der Waals surface area contributed by atoms with Gasteiger partial charge in [0.25, 0.3) is 0 Å². The third kappa shape index (κ3) is 3.11. The van der Waals surface area contributed by atoms with Crippen molar-refractivity contribution in [3.63, 3.8) is 0 Å². The van der Waals surface area contributed by atoms with Crippen LogP contribution in [0, 0.1) is 0 Å². The van der Waals surface area contributed by atoms with Gasteiger partial charge in [-0.15, -0.1) is 0 Å². The highest BCUT2D eigenvalue weighted by atomic mass is 16.1. The fourth-order valence-corrected chi connectivity index (χ4v) is 1.43. The molecule has 4 nitrogen and oxygen atoms in total. The Hall–Kier alpha value is -2.23. The first-order valence-electron chi connectivity index (χ1n) is 5.38. The van der Waals surface area contributed by atoms with Gasteiger partial charge in [-0.05, 0) is 18.2 Å². The molecule has 2 aromatic rings. The number of amides is 1. The van der Waals surface area contributed by atoms with Crippen molar-refractivity contribution in [2.75, 3.05) is 6.54 Å². The lowest BCUT2D eigenvalue weighted by Gasteiger charge is -1.98. The molecular formula is C13H13N3O. The summed E-state index contributed by atoms with van der Waals surface area (Å²) in [6, 6.07) is 7.71. The number of hydrogen-bond donors (Lipinski definition) is 1. The van der Waals surface area contributed by atoms with Crippen LogP contribution in [0.1, 0.15) is 12.6 Å². The maximum Gasteiger partial charge on any atom is 0.217 e. The summed E-state index contributed by atoms with van der Waals surface area (Å²) in [5.74, 6) is -0.0424. The van der Waals surface area contributed by atoms with Crippen LogP contribution in [0.3, 0.4) is 0 Å². The molecule has 1 amide bonds. The Bertz CT molecular complexity index is 563. The summed E-state index contributed by atoms with van der Waals surface area (Å²) >= 11 is 0. The molecule has 2 rings (SSSR count). The fourth-order valence-electron chi connectivity index (χ4n) is 1.43. The second-order valence-electron chi connectivity index (χ2n) is 3.62. The second kappa shape index (κ2) is 5.21. The van der Waals surface area contributed by atoms with Crippen LogP contribution in [0.15, 0.2) is 36.5 Å². The summed E-state index contributed by atoms with van der Waals surface area (Å²) in [4.78, 5) is 19.4. The van der Waals surface area contributed by atoms with E-state index in [-0.39, 0.29) is 5.91 Å². The van der Waals surface area contributed by atoms with E-state index in [1.807, 2.05) is 36.4 Å². The van der Waals surface area contributed by atoms with E-state index >= 15 is 0 Å². The molecule has 0 radical (unpaired) electrons. The summed E-state index contributed by atoms with van der Waals surface area (Å²) in [6.07, 6.45) is 5.40. The zero-order valence-electron chi connectivity index (χ0n) is 9.55. The Morgan fingerprint density at radius 2 is 2.12 bits per heavy atom. The standard InChI is InChI=1S/C13H13N3O/c1-10(17)14-8-4-5-11-9-15-12-6-2-3-7-13(12)16-11/h2-7,9H,8H2,1H3,(H,14,17). The Kier molecular flexibility index (Phi) is 3.45. The van der Waals surface area contributed by atoms with Gasteiger partial charge in [0.05, 0.1) is 22.9 Å². The molecule has 1 aromatic heterocycles. The van der Waals surface area contributed by atoms with Crippen molar-refractivity contribution in [3.05, 3.63) is 42.2 Å². The molecule has 0 spiro atoms. The minimum absolute atomic E-state index is 0.0424. The van der Waals surface area contributed by atoms with Crippen LogP contribution in [-0.2, 0) is 4.79 Å². The van der Waals surface area contributed by atoms with E-state index in [4.69, 9.17) is 0 Å². The lowest BCUT2D eigenvalue weighted by atomic mass is 10.3. The number of fused-ring (bicyclic) bond motifs is 1. The zero-order valence-corrected chi connectivity index (χ0v) is 9.55. The fraction of sp³-hybridized carbons (Fsp3) is 0.154. The summed E-state index contributed by atoms with van der Waals surface area (Å²) in [5.41, 5.74) is 2.54. The van der Waals surface area contributed by atoms with Crippen molar-refractivity contribution in [3.8, 4) is 0 Å². The number of benzene rings is 1. The van der Waals surface area contributed by atoms with Crippen LogP contribution in [0.2, 0.25) is 0 Å². The number of carbonyl (C=O) groups is 1. The summed E-state index contributed by atoms with van der Waals surface area (Å²) in [7, 11) is 0. The lowest BCUT2D eigenvalue weighted by Crippen LogP contribution is -2.19. The Balaban J connectivity index is 2.11. The molecule has 0 saturated heterocycles. The lowest BCUT2D eigenvalue weighted by molar-refractivity contribution is -0.118. The van der Waals surface area contributed by atoms with E-state index in [1.54, 1.807) is 6.20 Å². The van der Waals surface area contributed by atoms with Gasteiger partial charge in [0.15, 0.2) is 0 Å². The summed E-state index contributed by atoms with van der Waals surface area (Å²) < 4.78 is 0. The molecule has 0 aliphatic carbocycles. The molecule has 0 unspecified atom stereocenters. The molecule has 17 heavy (non-hydrogen) atoms. The summed E-state index contributed by atoms with van der Waals surface area (Å²) in [5, 5.41) is 2.68. The normalized spacial score (nSPS) is 10.9. The van der Waals surface area contributed by atoms with E-state index in [0.717, 1.165) is 16.7 Å². The van der Waals surface area contributed by atoms with Gasteiger partial charge < -0.3 is 5.32 Å². The van der Waals surface area contributed by atoms with Gasteiger partial charge in [0, 0.05) is 13.5 Å². The van der Waals surface area contributed by atoms with Crippen LogP contribution >= 0.6 is 0 Å². The average molecular weight is 227 g/mol. The largest absolute Gasteiger partial charge is 0.353 e. The van der Waals surface area contributed by atoms with Crippen LogP contribution in [0.25, 0.3) is 17.1 Å². The number of carbonyl (C=O) groups excluding carboxylic acids is 1. The molecule has 1 N–H and O–H groups in total. The van der Waals surface area contributed by atoms with E-state index < -0.39 is 0 Å². The minimum Gasteiger partial charge on any atom is -0.353 e. The molecule has 0 bridgehead atoms. The predicted molar refractivity (Wildman–Crippen MR) is 67.3 cm³/mol. The molecule has 0 aliphatic rings. The van der Waals surface area contributed by atoms with E-state index in [0.29, 0.717) is 6.54 Å². The highest BCUT2D eigenvalue weighted by Gasteiger charge is 1.95. The topological polar surface area (TPSA) is 54.9 Å². The number of aromatic nitrogens is 2. The van der Waals surface area contributed by atoms with Gasteiger partial charge in [-0.1, -0.05) is 18.2 Å². The first kappa shape index (κ1) is 11.3. The van der Waals surface area contributed by atoms with Gasteiger partial charge in [0.2, 0.25) is 5.91 Å². The van der Waals surface area contributed by atoms with Gasteiger partial charge in [-0.2, -0.15) is 0 Å². The number of nitrogens with one attached hydrogen (secondary N) is 1. The molecule has 0 fully saturated rings. The molecule has 86 valence electrons. The maximum absolute atomic E-state index is 10.7. The SMILES string of the molecule is CC(=O)NCC=Cc1cnc2ccccc2n1. The van der Waals surface area contributed by atoms with Crippen molar-refractivity contribution < 1.29 is 4.79 Å². The van der Waals surface area contributed by atoms with E-state index in [2.05, 4.69) is 15.3 Å². The van der Waals surface area contributed by atoms with Crippen LogP contribution in [0.4, 0.5) is 0 Å². The number of rotatable bonds is 3. The quantitative estimate of drug-likeness (QED) is 0.869. The first-order chi connectivity index (χ1) is 8.25. The third-order valence-electron chi connectivity index (χ3n) is 2.22. The number of hydrogen-bond acceptors (Lipinski definition) is 3. The van der Waals surface area contributed by atoms with Crippen molar-refractivity contribution in [2.24, 2.45) is 0 Å². The van der Waals surface area contributed by atoms with Crippen molar-refractivity contribution in [1.82, 2.24) is 15.3 Å². The highest BCUT2D eigenvalue weighted by Crippen LogP contribution is 2.08. The maximum atomic E-state index is 10.7. The van der Waals surface area contributed by atoms with Crippen molar-refractivity contribution in [1.29, 1.82) is 0 Å². The smallest absolute Gasteiger partial charge is 0.217 e. The van der Waals surface area contributed by atoms with Crippen LogP contribution in [-0.4, -0.2) is 22.4 Å².